The number of carbonyl (C=O) groups is 1. The van der Waals surface area contributed by atoms with Crippen LogP contribution in [0.3, 0.4) is 0 Å². The minimum atomic E-state index is -0.152. The number of hydrogen-bond acceptors (Lipinski definition) is 3. The molecule has 0 aliphatic heterocycles. The van der Waals surface area contributed by atoms with E-state index in [9.17, 15) is 4.79 Å². The van der Waals surface area contributed by atoms with Crippen molar-refractivity contribution in [2.24, 2.45) is 0 Å². The summed E-state index contributed by atoms with van der Waals surface area (Å²) >= 11 is 7.45. The number of nitrogens with one attached hydrogen (secondary N) is 1. The fourth-order valence-electron chi connectivity index (χ4n) is 1.60. The third kappa shape index (κ3) is 4.26. The summed E-state index contributed by atoms with van der Waals surface area (Å²) in [5.74, 6) is 0.437. The number of rotatable bonds is 5. The minimum Gasteiger partial charge on any atom is -0.484 e. The zero-order chi connectivity index (χ0) is 13.7. The standard InChI is InChI=1S/C14H14ClNO2S/c1-10(13-6-3-7-19-13)16-14(17)9-18-12-5-2-4-11(15)8-12/h2-8,10H,9H2,1H3,(H,16,17). The van der Waals surface area contributed by atoms with E-state index in [1.165, 1.54) is 0 Å². The molecule has 0 aliphatic carbocycles. The smallest absolute Gasteiger partial charge is 0.258 e. The molecule has 0 bridgehead atoms. The fourth-order valence-corrected chi connectivity index (χ4v) is 2.51. The van der Waals surface area contributed by atoms with Crippen molar-refractivity contribution in [2.75, 3.05) is 6.61 Å². The second-order valence-corrected chi connectivity index (χ2v) is 5.47. The molecule has 0 saturated heterocycles. The van der Waals surface area contributed by atoms with Gasteiger partial charge in [-0.2, -0.15) is 0 Å². The first-order chi connectivity index (χ1) is 9.15. The molecule has 3 nitrogen and oxygen atoms in total. The molecule has 0 spiro atoms. The van der Waals surface area contributed by atoms with E-state index < -0.39 is 0 Å². The Morgan fingerprint density at radius 3 is 2.95 bits per heavy atom. The molecule has 2 aromatic rings. The maximum absolute atomic E-state index is 11.7. The molecule has 2 rings (SSSR count). The van der Waals surface area contributed by atoms with E-state index in [0.29, 0.717) is 10.8 Å². The SMILES string of the molecule is CC(NC(=O)COc1cccc(Cl)c1)c1cccs1. The predicted molar refractivity (Wildman–Crippen MR) is 77.8 cm³/mol. The van der Waals surface area contributed by atoms with Crippen molar-refractivity contribution in [3.63, 3.8) is 0 Å². The van der Waals surface area contributed by atoms with Gasteiger partial charge in [-0.25, -0.2) is 0 Å². The number of hydrogen-bond donors (Lipinski definition) is 1. The lowest BCUT2D eigenvalue weighted by Crippen LogP contribution is -2.30. The number of thiophene rings is 1. The van der Waals surface area contributed by atoms with Gasteiger partial charge in [-0.05, 0) is 36.6 Å². The number of ether oxygens (including phenoxy) is 1. The van der Waals surface area contributed by atoms with Gasteiger partial charge in [0.25, 0.3) is 5.91 Å². The van der Waals surface area contributed by atoms with Crippen molar-refractivity contribution in [1.29, 1.82) is 0 Å². The molecule has 1 unspecified atom stereocenters. The number of halogens is 1. The molecule has 0 fully saturated rings. The lowest BCUT2D eigenvalue weighted by Gasteiger charge is -2.12. The topological polar surface area (TPSA) is 38.3 Å². The van der Waals surface area contributed by atoms with E-state index in [2.05, 4.69) is 5.32 Å². The van der Waals surface area contributed by atoms with Gasteiger partial charge in [-0.1, -0.05) is 23.7 Å². The summed E-state index contributed by atoms with van der Waals surface area (Å²) in [7, 11) is 0. The highest BCUT2D eigenvalue weighted by molar-refractivity contribution is 7.10. The molecule has 1 N–H and O–H groups in total. The van der Waals surface area contributed by atoms with E-state index in [4.69, 9.17) is 16.3 Å². The van der Waals surface area contributed by atoms with Crippen molar-refractivity contribution in [2.45, 2.75) is 13.0 Å². The molecule has 0 radical (unpaired) electrons. The first-order valence-corrected chi connectivity index (χ1v) is 7.12. The fraction of sp³-hybridized carbons (Fsp3) is 0.214. The predicted octanol–water partition coefficient (Wildman–Crippen LogP) is 3.66. The summed E-state index contributed by atoms with van der Waals surface area (Å²) in [5, 5.41) is 5.46. The molecule has 1 heterocycles. The molecular formula is C14H14ClNO2S. The summed E-state index contributed by atoms with van der Waals surface area (Å²) in [6.45, 7) is 1.93. The van der Waals surface area contributed by atoms with Crippen LogP contribution in [0.4, 0.5) is 0 Å². The Morgan fingerprint density at radius 1 is 1.42 bits per heavy atom. The second kappa shape index (κ2) is 6.59. The minimum absolute atomic E-state index is 0.00420. The van der Waals surface area contributed by atoms with Crippen LogP contribution >= 0.6 is 22.9 Å². The van der Waals surface area contributed by atoms with Gasteiger partial charge in [-0.15, -0.1) is 11.3 Å². The average Bonchev–Trinajstić information content (AvgIpc) is 2.90. The van der Waals surface area contributed by atoms with Gasteiger partial charge in [0.1, 0.15) is 5.75 Å². The van der Waals surface area contributed by atoms with Crippen LogP contribution in [0.1, 0.15) is 17.8 Å². The molecule has 0 aliphatic rings. The van der Waals surface area contributed by atoms with Crippen LogP contribution in [0.25, 0.3) is 0 Å². The van der Waals surface area contributed by atoms with E-state index >= 15 is 0 Å². The number of amides is 1. The van der Waals surface area contributed by atoms with Gasteiger partial charge in [0.2, 0.25) is 0 Å². The molecule has 1 atom stereocenters. The van der Waals surface area contributed by atoms with Crippen molar-refractivity contribution < 1.29 is 9.53 Å². The summed E-state index contributed by atoms with van der Waals surface area (Å²) < 4.78 is 5.37. The van der Waals surface area contributed by atoms with Crippen molar-refractivity contribution in [3.05, 3.63) is 51.7 Å². The highest BCUT2D eigenvalue weighted by Crippen LogP contribution is 2.19. The Bertz CT molecular complexity index is 542. The van der Waals surface area contributed by atoms with Gasteiger partial charge in [0.05, 0.1) is 6.04 Å². The zero-order valence-electron chi connectivity index (χ0n) is 10.4. The first kappa shape index (κ1) is 13.9. The summed E-state index contributed by atoms with van der Waals surface area (Å²) in [6, 6.07) is 10.9. The van der Waals surface area contributed by atoms with Gasteiger partial charge >= 0.3 is 0 Å². The van der Waals surface area contributed by atoms with Crippen LogP contribution in [0.15, 0.2) is 41.8 Å². The third-order valence-electron chi connectivity index (χ3n) is 2.51. The lowest BCUT2D eigenvalue weighted by atomic mass is 10.3. The quantitative estimate of drug-likeness (QED) is 0.914. The van der Waals surface area contributed by atoms with Crippen LogP contribution in [0.2, 0.25) is 5.02 Å². The third-order valence-corrected chi connectivity index (χ3v) is 3.80. The zero-order valence-corrected chi connectivity index (χ0v) is 12.0. The Hall–Kier alpha value is -1.52. The first-order valence-electron chi connectivity index (χ1n) is 5.86. The monoisotopic (exact) mass is 295 g/mol. The Morgan fingerprint density at radius 2 is 2.26 bits per heavy atom. The largest absolute Gasteiger partial charge is 0.484 e. The summed E-state index contributed by atoms with van der Waals surface area (Å²) in [5.41, 5.74) is 0. The Kier molecular flexibility index (Phi) is 4.82. The highest BCUT2D eigenvalue weighted by Gasteiger charge is 2.10. The Labute approximate surface area is 121 Å². The second-order valence-electron chi connectivity index (χ2n) is 4.05. The van der Waals surface area contributed by atoms with E-state index in [1.54, 1.807) is 35.6 Å². The molecule has 19 heavy (non-hydrogen) atoms. The van der Waals surface area contributed by atoms with E-state index in [0.717, 1.165) is 4.88 Å². The van der Waals surface area contributed by atoms with Crippen molar-refractivity contribution in [1.82, 2.24) is 5.32 Å². The molecule has 0 saturated carbocycles. The molecule has 5 heteroatoms. The lowest BCUT2D eigenvalue weighted by molar-refractivity contribution is -0.123. The van der Waals surface area contributed by atoms with Crippen LogP contribution in [0.5, 0.6) is 5.75 Å². The highest BCUT2D eigenvalue weighted by atomic mass is 35.5. The van der Waals surface area contributed by atoms with Crippen LogP contribution in [-0.4, -0.2) is 12.5 Å². The number of benzene rings is 1. The van der Waals surface area contributed by atoms with E-state index in [-0.39, 0.29) is 18.6 Å². The maximum Gasteiger partial charge on any atom is 0.258 e. The summed E-state index contributed by atoms with van der Waals surface area (Å²) in [6.07, 6.45) is 0. The van der Waals surface area contributed by atoms with Crippen LogP contribution in [0, 0.1) is 0 Å². The maximum atomic E-state index is 11.7. The van der Waals surface area contributed by atoms with Crippen LogP contribution < -0.4 is 10.1 Å². The van der Waals surface area contributed by atoms with Gasteiger partial charge < -0.3 is 10.1 Å². The Balaban J connectivity index is 1.82. The van der Waals surface area contributed by atoms with Gasteiger partial charge in [-0.3, -0.25) is 4.79 Å². The van der Waals surface area contributed by atoms with Crippen molar-refractivity contribution >= 4 is 28.8 Å². The van der Waals surface area contributed by atoms with Gasteiger partial charge in [0, 0.05) is 9.90 Å². The molecular weight excluding hydrogens is 282 g/mol. The molecule has 1 amide bonds. The van der Waals surface area contributed by atoms with E-state index in [1.807, 2.05) is 24.4 Å². The van der Waals surface area contributed by atoms with Crippen molar-refractivity contribution in [3.8, 4) is 5.75 Å². The average molecular weight is 296 g/mol. The molecule has 1 aromatic carbocycles. The molecule has 1 aromatic heterocycles. The molecule has 100 valence electrons. The normalized spacial score (nSPS) is 11.9. The van der Waals surface area contributed by atoms with Gasteiger partial charge in [0.15, 0.2) is 6.61 Å². The summed E-state index contributed by atoms with van der Waals surface area (Å²) in [4.78, 5) is 12.9. The number of carbonyl (C=O) groups excluding carboxylic acids is 1. The van der Waals surface area contributed by atoms with Crippen LogP contribution in [-0.2, 0) is 4.79 Å².